The van der Waals surface area contributed by atoms with Gasteiger partial charge >= 0.3 is 5.97 Å². The highest BCUT2D eigenvalue weighted by Crippen LogP contribution is 2.24. The minimum atomic E-state index is -0.961. The van der Waals surface area contributed by atoms with Gasteiger partial charge in [-0.3, -0.25) is 9.78 Å². The summed E-state index contributed by atoms with van der Waals surface area (Å²) < 4.78 is 0. The molecule has 5 heteroatoms. The van der Waals surface area contributed by atoms with Crippen LogP contribution in [0.5, 0.6) is 0 Å². The van der Waals surface area contributed by atoms with Crippen molar-refractivity contribution in [2.24, 2.45) is 0 Å². The fourth-order valence-electron chi connectivity index (χ4n) is 0.861. The molecule has 13 heavy (non-hydrogen) atoms. The van der Waals surface area contributed by atoms with Gasteiger partial charge in [0, 0.05) is 6.20 Å². The summed E-state index contributed by atoms with van der Waals surface area (Å²) in [5.74, 6) is -1.68. The molecule has 1 heterocycles. The molecule has 0 aliphatic heterocycles. The number of aliphatic carboxylic acids is 1. The molecule has 70 valence electrons. The molecule has 1 aromatic rings. The van der Waals surface area contributed by atoms with E-state index in [0.717, 1.165) is 0 Å². The molecule has 0 saturated heterocycles. The fraction of sp³-hybridized carbons (Fsp3) is 0.250. The summed E-state index contributed by atoms with van der Waals surface area (Å²) in [7, 11) is 0. The smallest absolute Gasteiger partial charge is 0.312 e. The highest BCUT2D eigenvalue weighted by atomic mass is 35.5. The van der Waals surface area contributed by atoms with Crippen LogP contribution in [0.3, 0.4) is 0 Å². The number of hydrogen-bond acceptors (Lipinski definition) is 2. The zero-order valence-electron chi connectivity index (χ0n) is 6.79. The van der Waals surface area contributed by atoms with Gasteiger partial charge in [0.25, 0.3) is 0 Å². The Bertz CT molecular complexity index is 341. The first kappa shape index (κ1) is 10.3. The van der Waals surface area contributed by atoms with Gasteiger partial charge in [-0.2, -0.15) is 0 Å². The van der Waals surface area contributed by atoms with Gasteiger partial charge < -0.3 is 5.11 Å². The molecule has 0 spiro atoms. The van der Waals surface area contributed by atoms with Crippen molar-refractivity contribution in [2.45, 2.75) is 12.8 Å². The van der Waals surface area contributed by atoms with Crippen LogP contribution in [0.4, 0.5) is 0 Å². The quantitative estimate of drug-likeness (QED) is 0.833. The first-order valence-electron chi connectivity index (χ1n) is 3.56. The number of rotatable bonds is 2. The first-order chi connectivity index (χ1) is 6.02. The lowest BCUT2D eigenvalue weighted by molar-refractivity contribution is -0.138. The van der Waals surface area contributed by atoms with Crippen LogP contribution in [0.15, 0.2) is 12.3 Å². The predicted octanol–water partition coefficient (Wildman–Crippen LogP) is 2.58. The lowest BCUT2D eigenvalue weighted by atomic mass is 10.1. The molecule has 0 bridgehead atoms. The van der Waals surface area contributed by atoms with E-state index in [9.17, 15) is 4.79 Å². The summed E-state index contributed by atoms with van der Waals surface area (Å²) in [5, 5.41) is 9.37. The summed E-state index contributed by atoms with van der Waals surface area (Å²) in [5.41, 5.74) is 0.332. The Morgan fingerprint density at radius 2 is 2.23 bits per heavy atom. The third-order valence-electron chi connectivity index (χ3n) is 1.62. The van der Waals surface area contributed by atoms with E-state index in [4.69, 9.17) is 28.3 Å². The van der Waals surface area contributed by atoms with Crippen LogP contribution in [0.2, 0.25) is 10.0 Å². The van der Waals surface area contributed by atoms with Gasteiger partial charge in [0.05, 0.1) is 21.7 Å². The SMILES string of the molecule is CC(C(=O)O)c1ncc(Cl)cc1Cl. The normalized spacial score (nSPS) is 12.5. The van der Waals surface area contributed by atoms with Gasteiger partial charge in [0.15, 0.2) is 0 Å². The van der Waals surface area contributed by atoms with Gasteiger partial charge in [0.1, 0.15) is 0 Å². The van der Waals surface area contributed by atoms with Crippen LogP contribution in [0.1, 0.15) is 18.5 Å². The molecule has 0 fully saturated rings. The number of carboxylic acid groups (broad SMARTS) is 1. The molecule has 1 N–H and O–H groups in total. The van der Waals surface area contributed by atoms with E-state index >= 15 is 0 Å². The Kier molecular flexibility index (Phi) is 3.12. The van der Waals surface area contributed by atoms with E-state index in [1.165, 1.54) is 19.2 Å². The van der Waals surface area contributed by atoms with Crippen LogP contribution in [0, 0.1) is 0 Å². The van der Waals surface area contributed by atoms with Crippen molar-refractivity contribution in [3.05, 3.63) is 28.0 Å². The second kappa shape index (κ2) is 3.94. The van der Waals surface area contributed by atoms with E-state index in [-0.39, 0.29) is 5.02 Å². The first-order valence-corrected chi connectivity index (χ1v) is 4.31. The van der Waals surface area contributed by atoms with E-state index in [1.807, 2.05) is 0 Å². The van der Waals surface area contributed by atoms with Crippen molar-refractivity contribution in [3.63, 3.8) is 0 Å². The standard InChI is InChI=1S/C8H7Cl2NO2/c1-4(8(12)13)7-6(10)2-5(9)3-11-7/h2-4H,1H3,(H,12,13). The fourth-order valence-corrected chi connectivity index (χ4v) is 1.40. The molecule has 0 amide bonds. The number of pyridine rings is 1. The van der Waals surface area contributed by atoms with Crippen molar-refractivity contribution < 1.29 is 9.90 Å². The van der Waals surface area contributed by atoms with E-state index < -0.39 is 11.9 Å². The van der Waals surface area contributed by atoms with Crippen LogP contribution in [-0.4, -0.2) is 16.1 Å². The predicted molar refractivity (Wildman–Crippen MR) is 50.3 cm³/mol. The maximum atomic E-state index is 10.6. The van der Waals surface area contributed by atoms with Crippen LogP contribution < -0.4 is 0 Å². The van der Waals surface area contributed by atoms with E-state index in [2.05, 4.69) is 4.98 Å². The Morgan fingerprint density at radius 3 is 2.69 bits per heavy atom. The van der Waals surface area contributed by atoms with Gasteiger partial charge in [-0.05, 0) is 13.0 Å². The summed E-state index contributed by atoms with van der Waals surface area (Å²) >= 11 is 11.4. The second-order valence-electron chi connectivity index (χ2n) is 2.58. The molecule has 0 aliphatic rings. The molecule has 0 aliphatic carbocycles. The van der Waals surface area contributed by atoms with Crippen molar-refractivity contribution in [2.75, 3.05) is 0 Å². The molecular formula is C8H7Cl2NO2. The van der Waals surface area contributed by atoms with Gasteiger partial charge in [-0.15, -0.1) is 0 Å². The minimum Gasteiger partial charge on any atom is -0.481 e. The lowest BCUT2D eigenvalue weighted by Gasteiger charge is -2.07. The van der Waals surface area contributed by atoms with Crippen LogP contribution in [0.25, 0.3) is 0 Å². The maximum absolute atomic E-state index is 10.6. The Morgan fingerprint density at radius 1 is 1.62 bits per heavy atom. The number of nitrogens with zero attached hydrogens (tertiary/aromatic N) is 1. The van der Waals surface area contributed by atoms with Crippen molar-refractivity contribution in [1.29, 1.82) is 0 Å². The minimum absolute atomic E-state index is 0.280. The molecule has 0 radical (unpaired) electrons. The monoisotopic (exact) mass is 219 g/mol. The summed E-state index contributed by atoms with van der Waals surface area (Å²) in [6.07, 6.45) is 1.38. The molecular weight excluding hydrogens is 213 g/mol. The molecule has 1 unspecified atom stereocenters. The van der Waals surface area contributed by atoms with Gasteiger partial charge in [-0.25, -0.2) is 0 Å². The summed E-state index contributed by atoms with van der Waals surface area (Å²) in [4.78, 5) is 14.5. The second-order valence-corrected chi connectivity index (χ2v) is 3.42. The average Bonchev–Trinajstić information content (AvgIpc) is 2.03. The highest BCUT2D eigenvalue weighted by molar-refractivity contribution is 6.34. The molecule has 1 atom stereocenters. The molecule has 1 aromatic heterocycles. The van der Waals surface area contributed by atoms with E-state index in [0.29, 0.717) is 10.7 Å². The number of aromatic nitrogens is 1. The Balaban J connectivity index is 3.08. The number of carboxylic acids is 1. The van der Waals surface area contributed by atoms with Crippen LogP contribution >= 0.6 is 23.2 Å². The third kappa shape index (κ3) is 2.32. The largest absolute Gasteiger partial charge is 0.481 e. The van der Waals surface area contributed by atoms with Crippen LogP contribution in [-0.2, 0) is 4.79 Å². The third-order valence-corrected chi connectivity index (χ3v) is 2.13. The highest BCUT2D eigenvalue weighted by Gasteiger charge is 2.18. The Hall–Kier alpha value is -0.800. The zero-order valence-corrected chi connectivity index (χ0v) is 8.30. The zero-order chi connectivity index (χ0) is 10.0. The topological polar surface area (TPSA) is 50.2 Å². The summed E-state index contributed by atoms with van der Waals surface area (Å²) in [6.45, 7) is 1.52. The lowest BCUT2D eigenvalue weighted by Crippen LogP contribution is -2.09. The van der Waals surface area contributed by atoms with Gasteiger partial charge in [0.2, 0.25) is 0 Å². The van der Waals surface area contributed by atoms with Crippen molar-refractivity contribution in [1.82, 2.24) is 4.98 Å². The van der Waals surface area contributed by atoms with Gasteiger partial charge in [-0.1, -0.05) is 23.2 Å². The molecule has 0 saturated carbocycles. The van der Waals surface area contributed by atoms with E-state index in [1.54, 1.807) is 0 Å². The molecule has 3 nitrogen and oxygen atoms in total. The maximum Gasteiger partial charge on any atom is 0.312 e. The van der Waals surface area contributed by atoms with Crippen molar-refractivity contribution in [3.8, 4) is 0 Å². The number of hydrogen-bond donors (Lipinski definition) is 1. The van der Waals surface area contributed by atoms with Crippen molar-refractivity contribution >= 4 is 29.2 Å². The summed E-state index contributed by atoms with van der Waals surface area (Å²) in [6, 6.07) is 1.48. The molecule has 1 rings (SSSR count). The number of halogens is 2. The molecule has 0 aromatic carbocycles. The Labute approximate surface area is 85.3 Å². The number of carbonyl (C=O) groups is 1. The average molecular weight is 220 g/mol.